The molecule has 0 radical (unpaired) electrons. The van der Waals surface area contributed by atoms with Crippen LogP contribution in [0, 0.1) is 11.6 Å². The highest BCUT2D eigenvalue weighted by Gasteiger charge is 2.12. The zero-order chi connectivity index (χ0) is 10.7. The van der Waals surface area contributed by atoms with Crippen LogP contribution in [0.5, 0.6) is 5.75 Å². The van der Waals surface area contributed by atoms with Crippen LogP contribution >= 0.6 is 0 Å². The van der Waals surface area contributed by atoms with E-state index in [1.54, 1.807) is 0 Å². The van der Waals surface area contributed by atoms with Gasteiger partial charge in [-0.1, -0.05) is 0 Å². The molecule has 76 valence electrons. The lowest BCUT2D eigenvalue weighted by Gasteiger charge is -2.04. The first-order chi connectivity index (χ1) is 6.54. The Hall–Kier alpha value is -1.65. The number of rotatable bonds is 3. The summed E-state index contributed by atoms with van der Waals surface area (Å²) in [6.07, 6.45) is -0.368. The van der Waals surface area contributed by atoms with Crippen LogP contribution < -0.4 is 4.74 Å². The van der Waals surface area contributed by atoms with Gasteiger partial charge < -0.3 is 9.84 Å². The molecule has 0 fully saturated rings. The topological polar surface area (TPSA) is 46.5 Å². The molecule has 0 atom stereocenters. The van der Waals surface area contributed by atoms with Crippen LogP contribution in [-0.2, 0) is 11.2 Å². The summed E-state index contributed by atoms with van der Waals surface area (Å²) in [5, 5.41) is 8.43. The van der Waals surface area contributed by atoms with Crippen molar-refractivity contribution in [2.75, 3.05) is 7.11 Å². The number of carboxylic acid groups (broad SMARTS) is 1. The molecule has 0 aromatic heterocycles. The normalized spacial score (nSPS) is 9.93. The molecule has 1 aromatic rings. The smallest absolute Gasteiger partial charge is 0.307 e. The molecule has 0 aliphatic rings. The molecule has 0 aliphatic carbocycles. The van der Waals surface area contributed by atoms with Gasteiger partial charge in [-0.25, -0.2) is 4.39 Å². The van der Waals surface area contributed by atoms with Crippen LogP contribution in [-0.4, -0.2) is 18.2 Å². The molecule has 0 saturated heterocycles. The van der Waals surface area contributed by atoms with Crippen LogP contribution in [0.2, 0.25) is 0 Å². The van der Waals surface area contributed by atoms with E-state index in [-0.39, 0.29) is 17.7 Å². The molecular formula is C9H8F2O3. The van der Waals surface area contributed by atoms with Gasteiger partial charge >= 0.3 is 5.97 Å². The van der Waals surface area contributed by atoms with Gasteiger partial charge in [-0.15, -0.1) is 0 Å². The fourth-order valence-electron chi connectivity index (χ4n) is 1.04. The zero-order valence-electron chi connectivity index (χ0n) is 7.38. The fourth-order valence-corrected chi connectivity index (χ4v) is 1.04. The Kier molecular flexibility index (Phi) is 3.01. The number of benzene rings is 1. The van der Waals surface area contributed by atoms with Crippen molar-refractivity contribution < 1.29 is 23.4 Å². The van der Waals surface area contributed by atoms with Crippen molar-refractivity contribution >= 4 is 5.97 Å². The Balaban J connectivity index is 3.09. The molecule has 0 saturated carbocycles. The van der Waals surface area contributed by atoms with E-state index in [0.29, 0.717) is 0 Å². The average Bonchev–Trinajstić information content (AvgIpc) is 2.10. The Morgan fingerprint density at radius 3 is 2.64 bits per heavy atom. The number of methoxy groups -OCH3 is 1. The summed E-state index contributed by atoms with van der Waals surface area (Å²) >= 11 is 0. The van der Waals surface area contributed by atoms with Gasteiger partial charge in [-0.3, -0.25) is 4.79 Å². The number of halogens is 2. The summed E-state index contributed by atoms with van der Waals surface area (Å²) < 4.78 is 30.2. The number of hydrogen-bond donors (Lipinski definition) is 1. The SMILES string of the molecule is COc1cc(CC(=O)O)cc(F)c1F. The van der Waals surface area contributed by atoms with Gasteiger partial charge in [0.05, 0.1) is 13.5 Å². The molecule has 0 aliphatic heterocycles. The number of carbonyl (C=O) groups is 1. The summed E-state index contributed by atoms with van der Waals surface area (Å²) in [7, 11) is 1.18. The van der Waals surface area contributed by atoms with Gasteiger partial charge in [0.15, 0.2) is 11.6 Å². The third kappa shape index (κ3) is 2.18. The molecule has 1 rings (SSSR count). The predicted octanol–water partition coefficient (Wildman–Crippen LogP) is 1.60. The van der Waals surface area contributed by atoms with E-state index in [4.69, 9.17) is 5.11 Å². The minimum atomic E-state index is -1.11. The van der Waals surface area contributed by atoms with Gasteiger partial charge in [0.2, 0.25) is 5.82 Å². The van der Waals surface area contributed by atoms with E-state index in [9.17, 15) is 13.6 Å². The van der Waals surface area contributed by atoms with Crippen LogP contribution in [0.3, 0.4) is 0 Å². The molecule has 0 unspecified atom stereocenters. The summed E-state index contributed by atoms with van der Waals surface area (Å²) in [5.74, 6) is -3.62. The van der Waals surface area contributed by atoms with E-state index in [1.807, 2.05) is 0 Å². The minimum Gasteiger partial charge on any atom is -0.494 e. The Bertz CT molecular complexity index is 363. The molecule has 5 heteroatoms. The molecular weight excluding hydrogens is 194 g/mol. The lowest BCUT2D eigenvalue weighted by atomic mass is 10.1. The first-order valence-electron chi connectivity index (χ1n) is 3.78. The van der Waals surface area contributed by atoms with Crippen molar-refractivity contribution in [1.29, 1.82) is 0 Å². The van der Waals surface area contributed by atoms with Crippen LogP contribution in [0.25, 0.3) is 0 Å². The Morgan fingerprint density at radius 2 is 2.14 bits per heavy atom. The Morgan fingerprint density at radius 1 is 1.50 bits per heavy atom. The first kappa shape index (κ1) is 10.4. The standard InChI is InChI=1S/C9H8F2O3/c1-14-7-3-5(4-8(12)13)2-6(10)9(7)11/h2-3H,4H2,1H3,(H,12,13). The molecule has 0 bridgehead atoms. The van der Waals surface area contributed by atoms with E-state index >= 15 is 0 Å². The molecule has 1 N–H and O–H groups in total. The Labute approximate surface area is 78.9 Å². The van der Waals surface area contributed by atoms with Crippen LogP contribution in [0.1, 0.15) is 5.56 Å². The minimum absolute atomic E-state index is 0.160. The fraction of sp³-hybridized carbons (Fsp3) is 0.222. The lowest BCUT2D eigenvalue weighted by Crippen LogP contribution is -2.02. The monoisotopic (exact) mass is 202 g/mol. The number of aliphatic carboxylic acids is 1. The van der Waals surface area contributed by atoms with E-state index < -0.39 is 17.6 Å². The van der Waals surface area contributed by atoms with Gasteiger partial charge in [0, 0.05) is 0 Å². The number of ether oxygens (including phenoxy) is 1. The predicted molar refractivity (Wildman–Crippen MR) is 44.2 cm³/mol. The molecule has 0 spiro atoms. The van der Waals surface area contributed by atoms with E-state index in [2.05, 4.69) is 4.74 Å². The van der Waals surface area contributed by atoms with Gasteiger partial charge in [-0.05, 0) is 17.7 Å². The zero-order valence-corrected chi connectivity index (χ0v) is 7.38. The number of carboxylic acids is 1. The van der Waals surface area contributed by atoms with Crippen molar-refractivity contribution in [3.05, 3.63) is 29.3 Å². The maximum atomic E-state index is 12.9. The highest BCUT2D eigenvalue weighted by molar-refractivity contribution is 5.70. The quantitative estimate of drug-likeness (QED) is 0.809. The average molecular weight is 202 g/mol. The van der Waals surface area contributed by atoms with Crippen LogP contribution in [0.4, 0.5) is 8.78 Å². The van der Waals surface area contributed by atoms with Crippen molar-refractivity contribution in [2.24, 2.45) is 0 Å². The van der Waals surface area contributed by atoms with Gasteiger partial charge in [-0.2, -0.15) is 4.39 Å². The largest absolute Gasteiger partial charge is 0.494 e. The van der Waals surface area contributed by atoms with Gasteiger partial charge in [0.25, 0.3) is 0 Å². The lowest BCUT2D eigenvalue weighted by molar-refractivity contribution is -0.136. The maximum absolute atomic E-state index is 12.9. The van der Waals surface area contributed by atoms with Gasteiger partial charge in [0.1, 0.15) is 0 Å². The molecule has 0 amide bonds. The first-order valence-corrected chi connectivity index (χ1v) is 3.78. The second-order valence-electron chi connectivity index (χ2n) is 2.66. The van der Waals surface area contributed by atoms with Crippen molar-refractivity contribution in [2.45, 2.75) is 6.42 Å². The van der Waals surface area contributed by atoms with Crippen LogP contribution in [0.15, 0.2) is 12.1 Å². The summed E-state index contributed by atoms with van der Waals surface area (Å²) in [5.41, 5.74) is 0.160. The van der Waals surface area contributed by atoms with E-state index in [0.717, 1.165) is 12.1 Å². The molecule has 14 heavy (non-hydrogen) atoms. The molecule has 3 nitrogen and oxygen atoms in total. The van der Waals surface area contributed by atoms with Crippen molar-refractivity contribution in [1.82, 2.24) is 0 Å². The summed E-state index contributed by atoms with van der Waals surface area (Å²) in [6.45, 7) is 0. The second-order valence-corrected chi connectivity index (χ2v) is 2.66. The maximum Gasteiger partial charge on any atom is 0.307 e. The second kappa shape index (κ2) is 4.04. The summed E-state index contributed by atoms with van der Waals surface area (Å²) in [6, 6.07) is 2.00. The molecule has 0 heterocycles. The highest BCUT2D eigenvalue weighted by atomic mass is 19.2. The third-order valence-electron chi connectivity index (χ3n) is 1.63. The van der Waals surface area contributed by atoms with Crippen molar-refractivity contribution in [3.63, 3.8) is 0 Å². The van der Waals surface area contributed by atoms with E-state index in [1.165, 1.54) is 7.11 Å². The number of hydrogen-bond acceptors (Lipinski definition) is 2. The van der Waals surface area contributed by atoms with Crippen molar-refractivity contribution in [3.8, 4) is 5.75 Å². The highest BCUT2D eigenvalue weighted by Crippen LogP contribution is 2.21. The third-order valence-corrected chi connectivity index (χ3v) is 1.63. The summed E-state index contributed by atoms with van der Waals surface area (Å²) in [4.78, 5) is 10.3. The molecule has 1 aromatic carbocycles.